The van der Waals surface area contributed by atoms with Crippen molar-refractivity contribution < 1.29 is 18.7 Å². The third-order valence-electron chi connectivity index (χ3n) is 7.03. The van der Waals surface area contributed by atoms with E-state index in [0.29, 0.717) is 30.2 Å². The topological polar surface area (TPSA) is 46.9 Å². The standard InChI is InChI=1S/C26H30FN3O3.ClH/c1-17-8-10-29(11-9-17)12-13-33-23-15-19(5-6-22(23)32-3)30-16-21-20(26(30)31)14-18-4-7-24(27)28(2)25(18)21;/h4-7,14-15,17H,8-13,16H2,1-3H3;1H. The van der Waals surface area contributed by atoms with Gasteiger partial charge in [0.2, 0.25) is 0 Å². The van der Waals surface area contributed by atoms with Gasteiger partial charge in [-0.05, 0) is 67.7 Å². The number of halogens is 2. The molecular weight excluding hydrogens is 457 g/mol. The maximum absolute atomic E-state index is 14.2. The first-order chi connectivity index (χ1) is 16.0. The van der Waals surface area contributed by atoms with Crippen molar-refractivity contribution in [1.82, 2.24) is 9.47 Å². The van der Waals surface area contributed by atoms with Crippen LogP contribution < -0.4 is 14.4 Å². The molecule has 0 unspecified atom stereocenters. The highest BCUT2D eigenvalue weighted by molar-refractivity contribution is 6.13. The Hall–Kier alpha value is -2.77. The molecule has 0 bridgehead atoms. The Kier molecular flexibility index (Phi) is 7.05. The molecule has 0 N–H and O–H groups in total. The molecule has 0 atom stereocenters. The SMILES string of the molecule is COc1ccc(N2Cc3c(cc4ccc(F)n(C)c3-4)C2=O)cc1OCCN1CCC(C)CC1.Cl. The Balaban J connectivity index is 0.00000274. The number of ether oxygens (including phenoxy) is 2. The van der Waals surface area contributed by atoms with Crippen LogP contribution in [0.5, 0.6) is 11.5 Å². The van der Waals surface area contributed by atoms with Gasteiger partial charge < -0.3 is 18.9 Å². The second-order valence-corrected chi connectivity index (χ2v) is 9.15. The summed E-state index contributed by atoms with van der Waals surface area (Å²) in [7, 11) is 3.30. The first-order valence-electron chi connectivity index (χ1n) is 11.6. The van der Waals surface area contributed by atoms with Crippen molar-refractivity contribution in [2.24, 2.45) is 13.0 Å². The number of rotatable bonds is 6. The van der Waals surface area contributed by atoms with Gasteiger partial charge >= 0.3 is 0 Å². The van der Waals surface area contributed by atoms with Gasteiger partial charge in [0.15, 0.2) is 17.4 Å². The zero-order valence-corrected chi connectivity index (χ0v) is 20.7. The molecule has 3 aliphatic heterocycles. The van der Waals surface area contributed by atoms with Gasteiger partial charge in [0.05, 0.1) is 19.3 Å². The summed E-state index contributed by atoms with van der Waals surface area (Å²) >= 11 is 0. The van der Waals surface area contributed by atoms with Crippen LogP contribution in [-0.4, -0.2) is 48.7 Å². The monoisotopic (exact) mass is 487 g/mol. The highest BCUT2D eigenvalue weighted by atomic mass is 35.5. The fourth-order valence-electron chi connectivity index (χ4n) is 4.96. The molecule has 1 aliphatic carbocycles. The summed E-state index contributed by atoms with van der Waals surface area (Å²) in [6.07, 6.45) is 2.46. The molecule has 3 heterocycles. The van der Waals surface area contributed by atoms with Crippen LogP contribution in [-0.2, 0) is 13.6 Å². The quantitative estimate of drug-likeness (QED) is 0.460. The zero-order chi connectivity index (χ0) is 23.1. The van der Waals surface area contributed by atoms with Crippen LogP contribution in [0.4, 0.5) is 10.1 Å². The lowest BCUT2D eigenvalue weighted by Gasteiger charge is -2.30. The van der Waals surface area contributed by atoms with Crippen LogP contribution in [0, 0.1) is 11.9 Å². The molecule has 4 aliphatic rings. The van der Waals surface area contributed by atoms with E-state index < -0.39 is 0 Å². The van der Waals surface area contributed by atoms with Gasteiger partial charge in [-0.3, -0.25) is 9.69 Å². The van der Waals surface area contributed by atoms with Crippen molar-refractivity contribution in [3.05, 3.63) is 53.5 Å². The number of carbonyl (C=O) groups excluding carboxylic acids is 1. The summed E-state index contributed by atoms with van der Waals surface area (Å²) in [6.45, 7) is 6.35. The van der Waals surface area contributed by atoms with Gasteiger partial charge in [0.1, 0.15) is 6.61 Å². The largest absolute Gasteiger partial charge is 0.493 e. The molecule has 8 heteroatoms. The molecule has 1 amide bonds. The van der Waals surface area contributed by atoms with E-state index in [-0.39, 0.29) is 24.3 Å². The van der Waals surface area contributed by atoms with Gasteiger partial charge in [-0.15, -0.1) is 12.4 Å². The molecule has 1 aromatic rings. The average Bonchev–Trinajstić information content (AvgIpc) is 3.34. The number of amides is 1. The Labute approximate surface area is 206 Å². The fourth-order valence-corrected chi connectivity index (χ4v) is 4.96. The van der Waals surface area contributed by atoms with Crippen LogP contribution in [0.1, 0.15) is 35.7 Å². The molecule has 0 aromatic heterocycles. The molecule has 182 valence electrons. The molecule has 1 fully saturated rings. The minimum absolute atomic E-state index is 0. The normalized spacial score (nSPS) is 16.6. The van der Waals surface area contributed by atoms with Gasteiger partial charge in [0, 0.05) is 36.5 Å². The highest BCUT2D eigenvalue weighted by Crippen LogP contribution is 2.41. The number of hydrogen-bond donors (Lipinski definition) is 0. The molecule has 0 radical (unpaired) electrons. The lowest BCUT2D eigenvalue weighted by Crippen LogP contribution is -2.35. The van der Waals surface area contributed by atoms with Gasteiger partial charge in [-0.2, -0.15) is 4.39 Å². The van der Waals surface area contributed by atoms with E-state index in [1.165, 1.54) is 23.5 Å². The average molecular weight is 488 g/mol. The zero-order valence-electron chi connectivity index (χ0n) is 19.8. The van der Waals surface area contributed by atoms with Crippen LogP contribution in [0.2, 0.25) is 0 Å². The molecule has 1 saturated heterocycles. The van der Waals surface area contributed by atoms with Crippen LogP contribution >= 0.6 is 12.4 Å². The van der Waals surface area contributed by atoms with Crippen molar-refractivity contribution in [1.29, 1.82) is 0 Å². The Morgan fingerprint density at radius 3 is 2.59 bits per heavy atom. The number of aromatic nitrogens is 1. The summed E-state index contributed by atoms with van der Waals surface area (Å²) < 4.78 is 27.3. The summed E-state index contributed by atoms with van der Waals surface area (Å²) in [6, 6.07) is 10.6. The number of hydrogen-bond acceptors (Lipinski definition) is 4. The maximum Gasteiger partial charge on any atom is 0.259 e. The first-order valence-corrected chi connectivity index (χ1v) is 11.6. The van der Waals surface area contributed by atoms with Crippen LogP contribution in [0.15, 0.2) is 36.4 Å². The maximum atomic E-state index is 14.2. The number of anilines is 1. The molecular formula is C26H31ClFN3O3. The number of methoxy groups -OCH3 is 1. The van der Waals surface area contributed by atoms with Gasteiger partial charge in [-0.25, -0.2) is 0 Å². The Bertz CT molecular complexity index is 1160. The predicted octanol–water partition coefficient (Wildman–Crippen LogP) is 4.97. The van der Waals surface area contributed by atoms with Crippen molar-refractivity contribution in [3.8, 4) is 22.8 Å². The molecule has 0 saturated carbocycles. The van der Waals surface area contributed by atoms with E-state index in [9.17, 15) is 9.18 Å². The number of pyridine rings is 1. The van der Waals surface area contributed by atoms with Gasteiger partial charge in [-0.1, -0.05) is 6.92 Å². The van der Waals surface area contributed by atoms with Crippen molar-refractivity contribution in [2.75, 3.05) is 38.3 Å². The van der Waals surface area contributed by atoms with Crippen molar-refractivity contribution >= 4 is 24.0 Å². The molecule has 5 rings (SSSR count). The van der Waals surface area contributed by atoms with E-state index >= 15 is 0 Å². The number of likely N-dealkylation sites (tertiary alicyclic amines) is 1. The lowest BCUT2D eigenvalue weighted by molar-refractivity contribution is 0.0996. The number of carbonyl (C=O) groups is 1. The smallest absolute Gasteiger partial charge is 0.259 e. The summed E-state index contributed by atoms with van der Waals surface area (Å²) in [5.41, 5.74) is 3.87. The second-order valence-electron chi connectivity index (χ2n) is 9.15. The molecule has 6 nitrogen and oxygen atoms in total. The van der Waals surface area contributed by atoms with Crippen LogP contribution in [0.3, 0.4) is 0 Å². The summed E-state index contributed by atoms with van der Waals surface area (Å²) in [5, 5.41) is 0. The van der Waals surface area contributed by atoms with Crippen LogP contribution in [0.25, 0.3) is 11.3 Å². The van der Waals surface area contributed by atoms with E-state index in [1.807, 2.05) is 24.3 Å². The minimum atomic E-state index is -0.329. The van der Waals surface area contributed by atoms with E-state index in [2.05, 4.69) is 11.8 Å². The first kappa shape index (κ1) is 24.4. The second kappa shape index (κ2) is 9.84. The van der Waals surface area contributed by atoms with Gasteiger partial charge in [0.25, 0.3) is 5.91 Å². The third-order valence-corrected chi connectivity index (χ3v) is 7.03. The van der Waals surface area contributed by atoms with Crippen molar-refractivity contribution in [3.63, 3.8) is 0 Å². The highest BCUT2D eigenvalue weighted by Gasteiger charge is 2.35. The van der Waals surface area contributed by atoms with E-state index in [0.717, 1.165) is 48.1 Å². The number of nitrogens with zero attached hydrogens (tertiary/aromatic N) is 3. The van der Waals surface area contributed by atoms with Crippen molar-refractivity contribution in [2.45, 2.75) is 26.3 Å². The lowest BCUT2D eigenvalue weighted by atomic mass is 9.99. The number of benzene rings is 1. The Morgan fingerprint density at radius 1 is 1.09 bits per heavy atom. The number of fused-ring (bicyclic) bond motifs is 3. The summed E-state index contributed by atoms with van der Waals surface area (Å²) in [5.74, 6) is 1.66. The summed E-state index contributed by atoms with van der Waals surface area (Å²) in [4.78, 5) is 17.4. The van der Waals surface area contributed by atoms with E-state index in [1.54, 1.807) is 25.1 Å². The molecule has 1 aromatic carbocycles. The minimum Gasteiger partial charge on any atom is -0.493 e. The fraction of sp³-hybridized carbons (Fsp3) is 0.423. The Morgan fingerprint density at radius 2 is 1.85 bits per heavy atom. The molecule has 34 heavy (non-hydrogen) atoms. The third kappa shape index (κ3) is 4.34. The molecule has 0 spiro atoms. The number of piperidine rings is 1. The predicted molar refractivity (Wildman–Crippen MR) is 133 cm³/mol. The van der Waals surface area contributed by atoms with E-state index in [4.69, 9.17) is 9.47 Å².